The summed E-state index contributed by atoms with van der Waals surface area (Å²) < 4.78 is 12.7. The zero-order chi connectivity index (χ0) is 13.0. The van der Waals surface area contributed by atoms with Gasteiger partial charge in [0.1, 0.15) is 0 Å². The van der Waals surface area contributed by atoms with Gasteiger partial charge in [-0.25, -0.2) is 4.98 Å². The maximum absolute atomic E-state index is 12.7. The zero-order valence-electron chi connectivity index (χ0n) is 10.4. The number of aromatic nitrogens is 2. The SMILES string of the molecule is C/C=C\c1ccc(/C=C(\C)c2ccc(F)nc2)[nH]1. The van der Waals surface area contributed by atoms with Gasteiger partial charge >= 0.3 is 0 Å². The molecule has 0 amide bonds. The summed E-state index contributed by atoms with van der Waals surface area (Å²) in [6.45, 7) is 3.96. The molecule has 0 fully saturated rings. The van der Waals surface area contributed by atoms with Crippen molar-refractivity contribution >= 4 is 17.7 Å². The van der Waals surface area contributed by atoms with Crippen molar-refractivity contribution < 1.29 is 4.39 Å². The average molecular weight is 242 g/mol. The number of allylic oxidation sites excluding steroid dienone is 2. The van der Waals surface area contributed by atoms with Gasteiger partial charge in [-0.3, -0.25) is 0 Å². The summed E-state index contributed by atoms with van der Waals surface area (Å²) in [5.41, 5.74) is 4.04. The van der Waals surface area contributed by atoms with Crippen molar-refractivity contribution in [1.82, 2.24) is 9.97 Å². The summed E-state index contributed by atoms with van der Waals surface area (Å²) in [5, 5.41) is 0. The normalized spacial score (nSPS) is 12.3. The molecule has 92 valence electrons. The number of rotatable bonds is 3. The fourth-order valence-corrected chi connectivity index (χ4v) is 1.72. The quantitative estimate of drug-likeness (QED) is 0.805. The highest BCUT2D eigenvalue weighted by molar-refractivity contribution is 5.79. The van der Waals surface area contributed by atoms with Gasteiger partial charge in [0.2, 0.25) is 5.95 Å². The molecule has 1 N–H and O–H groups in total. The van der Waals surface area contributed by atoms with Crippen LogP contribution in [-0.4, -0.2) is 9.97 Å². The third kappa shape index (κ3) is 2.94. The van der Waals surface area contributed by atoms with E-state index in [0.717, 1.165) is 22.5 Å². The smallest absolute Gasteiger partial charge is 0.212 e. The molecule has 0 bridgehead atoms. The topological polar surface area (TPSA) is 28.7 Å². The van der Waals surface area contributed by atoms with Crippen LogP contribution in [-0.2, 0) is 0 Å². The van der Waals surface area contributed by atoms with Crippen LogP contribution in [0.25, 0.3) is 17.7 Å². The van der Waals surface area contributed by atoms with E-state index in [1.807, 2.05) is 44.2 Å². The summed E-state index contributed by atoms with van der Waals surface area (Å²) in [6, 6.07) is 7.12. The Morgan fingerprint density at radius 2 is 2.00 bits per heavy atom. The first-order valence-electron chi connectivity index (χ1n) is 5.81. The minimum absolute atomic E-state index is 0.457. The van der Waals surface area contributed by atoms with Crippen LogP contribution in [0.4, 0.5) is 4.39 Å². The minimum atomic E-state index is -0.457. The van der Waals surface area contributed by atoms with Gasteiger partial charge < -0.3 is 4.98 Å². The molecule has 2 heterocycles. The Kier molecular flexibility index (Phi) is 3.72. The lowest BCUT2D eigenvalue weighted by Gasteiger charge is -2.00. The number of aromatic amines is 1. The van der Waals surface area contributed by atoms with Crippen LogP contribution in [0, 0.1) is 5.95 Å². The molecule has 0 aliphatic rings. The highest BCUT2D eigenvalue weighted by atomic mass is 19.1. The first-order valence-corrected chi connectivity index (χ1v) is 5.81. The van der Waals surface area contributed by atoms with E-state index in [1.165, 1.54) is 12.3 Å². The monoisotopic (exact) mass is 242 g/mol. The zero-order valence-corrected chi connectivity index (χ0v) is 10.4. The number of nitrogens with zero attached hydrogens (tertiary/aromatic N) is 1. The molecule has 0 aliphatic carbocycles. The molecule has 2 aromatic heterocycles. The third-order valence-electron chi connectivity index (χ3n) is 2.63. The maximum Gasteiger partial charge on any atom is 0.212 e. The molecule has 18 heavy (non-hydrogen) atoms. The van der Waals surface area contributed by atoms with E-state index in [0.29, 0.717) is 0 Å². The maximum atomic E-state index is 12.7. The van der Waals surface area contributed by atoms with Crippen molar-refractivity contribution in [3.05, 3.63) is 59.4 Å². The molecule has 0 unspecified atom stereocenters. The molecule has 2 nitrogen and oxygen atoms in total. The highest BCUT2D eigenvalue weighted by Gasteiger charge is 1.99. The molecule has 0 aromatic carbocycles. The van der Waals surface area contributed by atoms with Crippen LogP contribution in [0.5, 0.6) is 0 Å². The first-order chi connectivity index (χ1) is 8.69. The fourth-order valence-electron chi connectivity index (χ4n) is 1.72. The first kappa shape index (κ1) is 12.3. The lowest BCUT2D eigenvalue weighted by molar-refractivity contribution is 0.583. The summed E-state index contributed by atoms with van der Waals surface area (Å²) in [4.78, 5) is 6.92. The van der Waals surface area contributed by atoms with E-state index >= 15 is 0 Å². The van der Waals surface area contributed by atoms with E-state index < -0.39 is 5.95 Å². The second-order valence-corrected chi connectivity index (χ2v) is 4.07. The Hall–Kier alpha value is -2.16. The molecule has 2 rings (SSSR count). The van der Waals surface area contributed by atoms with Crippen LogP contribution in [0.2, 0.25) is 0 Å². The van der Waals surface area contributed by atoms with Crippen LogP contribution < -0.4 is 0 Å². The molecule has 0 spiro atoms. The van der Waals surface area contributed by atoms with E-state index in [1.54, 1.807) is 6.07 Å². The number of hydrogen-bond donors (Lipinski definition) is 1. The molecule has 0 atom stereocenters. The van der Waals surface area contributed by atoms with Gasteiger partial charge in [-0.2, -0.15) is 4.39 Å². The molecular formula is C15H15FN2. The van der Waals surface area contributed by atoms with Crippen LogP contribution >= 0.6 is 0 Å². The van der Waals surface area contributed by atoms with Crippen LogP contribution in [0.3, 0.4) is 0 Å². The van der Waals surface area contributed by atoms with Gasteiger partial charge in [-0.1, -0.05) is 6.08 Å². The molecule has 0 aliphatic heterocycles. The van der Waals surface area contributed by atoms with Crippen molar-refractivity contribution in [3.8, 4) is 0 Å². The Balaban J connectivity index is 2.23. The van der Waals surface area contributed by atoms with Crippen LogP contribution in [0.1, 0.15) is 30.8 Å². The summed E-state index contributed by atoms with van der Waals surface area (Å²) in [5.74, 6) is -0.457. The van der Waals surface area contributed by atoms with Crippen LogP contribution in [0.15, 0.2) is 36.5 Å². The Morgan fingerprint density at radius 1 is 1.22 bits per heavy atom. The molecule has 2 aromatic rings. The molecule has 0 radical (unpaired) electrons. The number of nitrogens with one attached hydrogen (secondary N) is 1. The second kappa shape index (κ2) is 5.45. The Morgan fingerprint density at radius 3 is 2.67 bits per heavy atom. The van der Waals surface area contributed by atoms with Gasteiger partial charge in [0.15, 0.2) is 0 Å². The Labute approximate surface area is 106 Å². The van der Waals surface area contributed by atoms with Gasteiger partial charge in [0.05, 0.1) is 0 Å². The number of pyridine rings is 1. The van der Waals surface area contributed by atoms with Gasteiger partial charge in [-0.15, -0.1) is 0 Å². The highest BCUT2D eigenvalue weighted by Crippen LogP contribution is 2.17. The fraction of sp³-hybridized carbons (Fsp3) is 0.133. The van der Waals surface area contributed by atoms with E-state index in [-0.39, 0.29) is 0 Å². The second-order valence-electron chi connectivity index (χ2n) is 4.07. The summed E-state index contributed by atoms with van der Waals surface area (Å²) in [6.07, 6.45) is 7.54. The van der Waals surface area contributed by atoms with Gasteiger partial charge in [0.25, 0.3) is 0 Å². The predicted molar refractivity (Wildman–Crippen MR) is 73.2 cm³/mol. The lowest BCUT2D eigenvalue weighted by atomic mass is 10.1. The largest absolute Gasteiger partial charge is 0.356 e. The van der Waals surface area contributed by atoms with Gasteiger partial charge in [-0.05, 0) is 61.4 Å². The van der Waals surface area contributed by atoms with E-state index in [2.05, 4.69) is 9.97 Å². The van der Waals surface area contributed by atoms with E-state index in [4.69, 9.17) is 0 Å². The molecule has 0 saturated heterocycles. The van der Waals surface area contributed by atoms with E-state index in [9.17, 15) is 4.39 Å². The standard InChI is InChI=1S/C15H15FN2/c1-3-4-13-6-7-14(18-13)9-11(2)12-5-8-15(16)17-10-12/h3-10,18H,1-2H3/b4-3-,11-9+. The summed E-state index contributed by atoms with van der Waals surface area (Å²) >= 11 is 0. The predicted octanol–water partition coefficient (Wildman–Crippen LogP) is 4.14. The number of H-pyrrole nitrogens is 1. The summed E-state index contributed by atoms with van der Waals surface area (Å²) in [7, 11) is 0. The lowest BCUT2D eigenvalue weighted by Crippen LogP contribution is -1.85. The van der Waals surface area contributed by atoms with Crippen molar-refractivity contribution in [2.45, 2.75) is 13.8 Å². The van der Waals surface area contributed by atoms with Crippen molar-refractivity contribution in [3.63, 3.8) is 0 Å². The molecular weight excluding hydrogens is 227 g/mol. The Bertz CT molecular complexity index is 577. The van der Waals surface area contributed by atoms with Gasteiger partial charge in [0, 0.05) is 17.6 Å². The third-order valence-corrected chi connectivity index (χ3v) is 2.63. The number of hydrogen-bond acceptors (Lipinski definition) is 1. The number of halogens is 1. The van der Waals surface area contributed by atoms with Crippen molar-refractivity contribution in [2.24, 2.45) is 0 Å². The molecule has 0 saturated carbocycles. The minimum Gasteiger partial charge on any atom is -0.356 e. The van der Waals surface area contributed by atoms with Crippen molar-refractivity contribution in [2.75, 3.05) is 0 Å². The molecule has 3 heteroatoms. The van der Waals surface area contributed by atoms with Crippen molar-refractivity contribution in [1.29, 1.82) is 0 Å². The average Bonchev–Trinajstić information content (AvgIpc) is 2.78.